The number of aryl methyl sites for hydroxylation is 1. The minimum Gasteiger partial charge on any atom is -0.312 e. The summed E-state index contributed by atoms with van der Waals surface area (Å²) in [4.78, 5) is 0. The molecule has 8 aromatic rings. The van der Waals surface area contributed by atoms with E-state index in [1.807, 2.05) is 54.6 Å². The zero-order valence-electron chi connectivity index (χ0n) is 28.8. The van der Waals surface area contributed by atoms with Gasteiger partial charge in [0.2, 0.25) is 0 Å². The lowest BCUT2D eigenvalue weighted by Crippen LogP contribution is -2.02. The lowest BCUT2D eigenvalue weighted by molar-refractivity contribution is 0.987. The van der Waals surface area contributed by atoms with Crippen LogP contribution in [-0.2, 0) is 6.42 Å². The molecule has 0 aliphatic rings. The molecule has 5 heteroatoms. The molecule has 5 nitrogen and oxygen atoms in total. The molecular formula is C47H31N5. The molecule has 244 valence electrons. The quantitative estimate of drug-likeness (QED) is 0.159. The van der Waals surface area contributed by atoms with Gasteiger partial charge in [0.05, 0.1) is 56.1 Å². The lowest BCUT2D eigenvalue weighted by Gasteiger charge is -2.17. The number of aromatic nitrogens is 2. The van der Waals surface area contributed by atoms with Gasteiger partial charge in [0.25, 0.3) is 0 Å². The number of rotatable bonds is 7. The van der Waals surface area contributed by atoms with Gasteiger partial charge in [-0.3, -0.25) is 0 Å². The van der Waals surface area contributed by atoms with Gasteiger partial charge in [-0.05, 0) is 90.2 Å². The number of para-hydroxylation sites is 2. The third kappa shape index (κ3) is 5.18. The van der Waals surface area contributed by atoms with Crippen molar-refractivity contribution < 1.29 is 0 Å². The second-order valence-corrected chi connectivity index (χ2v) is 12.8. The van der Waals surface area contributed by atoms with E-state index in [9.17, 15) is 15.8 Å². The molecule has 6 aromatic carbocycles. The average molecular weight is 666 g/mol. The first-order valence-corrected chi connectivity index (χ1v) is 17.3. The van der Waals surface area contributed by atoms with Crippen molar-refractivity contribution in [3.05, 3.63) is 167 Å². The molecule has 0 saturated heterocycles. The maximum Gasteiger partial charge on any atom is 0.103 e. The summed E-state index contributed by atoms with van der Waals surface area (Å²) >= 11 is 0. The topological polar surface area (TPSA) is 81.2 Å². The van der Waals surface area contributed by atoms with E-state index in [1.165, 1.54) is 11.3 Å². The highest BCUT2D eigenvalue weighted by Crippen LogP contribution is 2.38. The molecule has 0 aliphatic carbocycles. The fourth-order valence-electron chi connectivity index (χ4n) is 7.42. The summed E-state index contributed by atoms with van der Waals surface area (Å²) < 4.78 is 4.39. The largest absolute Gasteiger partial charge is 0.312 e. The van der Waals surface area contributed by atoms with Crippen LogP contribution in [0.4, 0.5) is 0 Å². The molecule has 0 spiro atoms. The van der Waals surface area contributed by atoms with E-state index >= 15 is 0 Å². The number of nitriles is 3. The van der Waals surface area contributed by atoms with Crippen LogP contribution in [0.15, 0.2) is 127 Å². The highest BCUT2D eigenvalue weighted by molar-refractivity contribution is 6.08. The number of benzene rings is 5. The van der Waals surface area contributed by atoms with Crippen LogP contribution in [0, 0.1) is 53.0 Å². The Bertz CT molecular complexity index is 2790. The summed E-state index contributed by atoms with van der Waals surface area (Å²) in [6.07, 6.45) is 6.15. The Morgan fingerprint density at radius 1 is 0.654 bits per heavy atom. The summed E-state index contributed by atoms with van der Waals surface area (Å²) in [6, 6.07) is 51.6. The molecule has 8 rings (SSSR count). The van der Waals surface area contributed by atoms with Crippen molar-refractivity contribution in [1.82, 2.24) is 9.13 Å². The standard InChI is InChI=1S/C47H31N5/c1-3-4-5-15-42-31(2)40-25-32(28-48)19-24-46(40)51(42)43-16-9-6-12-37(43)34-22-20-33(21-23-34)35-26-36(29-49)41(30-50)47(27-35)52-44-17-10-7-13-38(44)39-14-8-11-18-45(39)52/h4-7,9-13,16-27H,3,15H2,1-2H3/b5-4-. The Hall–Kier alpha value is -7.31. The van der Waals surface area contributed by atoms with Gasteiger partial charge in [-0.1, -0.05) is 91.9 Å². The molecule has 2 heterocycles. The first-order chi connectivity index (χ1) is 25.6. The highest BCUT2D eigenvalue weighted by atomic mass is 15.0. The van der Waals surface area contributed by atoms with Crippen molar-refractivity contribution in [2.24, 2.45) is 0 Å². The van der Waals surface area contributed by atoms with Gasteiger partial charge < -0.3 is 9.13 Å². The number of hydrogen-bond acceptors (Lipinski definition) is 3. The van der Waals surface area contributed by atoms with Crippen LogP contribution < -0.4 is 0 Å². The summed E-state index contributed by atoms with van der Waals surface area (Å²) in [7, 11) is 0. The summed E-state index contributed by atoms with van der Waals surface area (Å²) in [5, 5.41) is 33.2. The smallest absolute Gasteiger partial charge is 0.103 e. The Kier molecular flexibility index (Phi) is 8.10. The first-order valence-electron chi connectivity index (χ1n) is 17.3. The molecule has 0 atom stereocenters. The van der Waals surface area contributed by atoms with Crippen molar-refractivity contribution in [2.75, 3.05) is 0 Å². The fourth-order valence-corrected chi connectivity index (χ4v) is 7.42. The Balaban J connectivity index is 1.27. The first kappa shape index (κ1) is 31.9. The van der Waals surface area contributed by atoms with Crippen LogP contribution in [0.3, 0.4) is 0 Å². The Labute approximate surface area is 302 Å². The average Bonchev–Trinajstić information content (AvgIpc) is 3.68. The van der Waals surface area contributed by atoms with E-state index in [1.54, 1.807) is 6.07 Å². The molecule has 0 unspecified atom stereocenters. The molecule has 0 radical (unpaired) electrons. The molecule has 0 aliphatic heterocycles. The van der Waals surface area contributed by atoms with Crippen molar-refractivity contribution in [1.29, 1.82) is 15.8 Å². The third-order valence-electron chi connectivity index (χ3n) is 9.88. The number of fused-ring (bicyclic) bond motifs is 4. The molecule has 0 saturated carbocycles. The van der Waals surface area contributed by atoms with Gasteiger partial charge in [0.1, 0.15) is 12.1 Å². The van der Waals surface area contributed by atoms with Crippen LogP contribution in [0.25, 0.3) is 66.3 Å². The van der Waals surface area contributed by atoms with Crippen LogP contribution >= 0.6 is 0 Å². The normalized spacial score (nSPS) is 11.1. The molecular weight excluding hydrogens is 635 g/mol. The van der Waals surface area contributed by atoms with Gasteiger partial charge in [-0.25, -0.2) is 0 Å². The van der Waals surface area contributed by atoms with Crippen LogP contribution in [0.2, 0.25) is 0 Å². The summed E-state index contributed by atoms with van der Waals surface area (Å²) in [6.45, 7) is 4.28. The predicted molar refractivity (Wildman–Crippen MR) is 208 cm³/mol. The Morgan fingerprint density at radius 2 is 1.42 bits per heavy atom. The van der Waals surface area contributed by atoms with Crippen molar-refractivity contribution in [3.8, 4) is 51.8 Å². The maximum absolute atomic E-state index is 10.3. The van der Waals surface area contributed by atoms with E-state index in [-0.39, 0.29) is 0 Å². The molecule has 52 heavy (non-hydrogen) atoms. The zero-order valence-corrected chi connectivity index (χ0v) is 28.8. The zero-order chi connectivity index (χ0) is 35.8. The predicted octanol–water partition coefficient (Wildman–Crippen LogP) is 11.1. The number of nitrogens with zero attached hydrogens (tertiary/aromatic N) is 5. The second-order valence-electron chi connectivity index (χ2n) is 12.8. The number of allylic oxidation sites excluding steroid dienone is 2. The van der Waals surface area contributed by atoms with Gasteiger partial charge in [0.15, 0.2) is 0 Å². The van der Waals surface area contributed by atoms with Gasteiger partial charge >= 0.3 is 0 Å². The monoisotopic (exact) mass is 665 g/mol. The van der Waals surface area contributed by atoms with Gasteiger partial charge in [-0.2, -0.15) is 15.8 Å². The molecule has 0 fully saturated rings. The fraction of sp³-hybridized carbons (Fsp3) is 0.0851. The van der Waals surface area contributed by atoms with Crippen LogP contribution in [-0.4, -0.2) is 9.13 Å². The molecule has 0 N–H and O–H groups in total. The summed E-state index contributed by atoms with van der Waals surface area (Å²) in [5.74, 6) is 0. The van der Waals surface area contributed by atoms with Crippen LogP contribution in [0.5, 0.6) is 0 Å². The molecule has 0 bridgehead atoms. The van der Waals surface area contributed by atoms with E-state index in [0.29, 0.717) is 22.4 Å². The third-order valence-corrected chi connectivity index (χ3v) is 9.88. The number of hydrogen-bond donors (Lipinski definition) is 0. The van der Waals surface area contributed by atoms with Crippen LogP contribution in [0.1, 0.15) is 41.3 Å². The minimum atomic E-state index is 0.320. The van der Waals surface area contributed by atoms with Crippen molar-refractivity contribution in [2.45, 2.75) is 26.7 Å². The van der Waals surface area contributed by atoms with Crippen molar-refractivity contribution in [3.63, 3.8) is 0 Å². The molecule has 2 aromatic heterocycles. The van der Waals surface area contributed by atoms with E-state index in [4.69, 9.17) is 0 Å². The van der Waals surface area contributed by atoms with Crippen molar-refractivity contribution >= 4 is 32.7 Å². The SMILES string of the molecule is CC/C=C\Cc1c(C)c2cc(C#N)ccc2n1-c1ccccc1-c1ccc(-c2cc(C#N)c(C#N)c(-n3c4ccc#cc4c4ccccc43)c2)cc1. The van der Waals surface area contributed by atoms with E-state index in [0.717, 1.165) is 73.5 Å². The Morgan fingerprint density at radius 3 is 2.21 bits per heavy atom. The van der Waals surface area contributed by atoms with Gasteiger partial charge in [-0.15, -0.1) is 0 Å². The maximum atomic E-state index is 10.3. The van der Waals surface area contributed by atoms with E-state index in [2.05, 4.69) is 120 Å². The van der Waals surface area contributed by atoms with E-state index < -0.39 is 0 Å². The lowest BCUT2D eigenvalue weighted by atomic mass is 9.95. The minimum absolute atomic E-state index is 0.320. The molecule has 0 amide bonds. The van der Waals surface area contributed by atoms with Gasteiger partial charge in [0, 0.05) is 28.5 Å². The summed E-state index contributed by atoms with van der Waals surface area (Å²) in [5.41, 5.74) is 12.1. The highest BCUT2D eigenvalue weighted by Gasteiger charge is 2.20. The second kappa shape index (κ2) is 13.2.